The van der Waals surface area contributed by atoms with Crippen LogP contribution in [0.5, 0.6) is 0 Å². The van der Waals surface area contributed by atoms with Crippen molar-refractivity contribution in [3.05, 3.63) is 0 Å². The van der Waals surface area contributed by atoms with Crippen LogP contribution >= 0.6 is 0 Å². The van der Waals surface area contributed by atoms with E-state index in [-0.39, 0.29) is 18.5 Å². The summed E-state index contributed by atoms with van der Waals surface area (Å²) in [5.74, 6) is -1.56. The molecule has 0 saturated carbocycles. The smallest absolute Gasteiger partial charge is 0.332 e. The third-order valence-corrected chi connectivity index (χ3v) is 2.17. The maximum atomic E-state index is 11.2. The molecule has 1 heterocycles. The second-order valence-corrected chi connectivity index (χ2v) is 3.19. The molecule has 0 aliphatic carbocycles. The van der Waals surface area contributed by atoms with Crippen molar-refractivity contribution in [1.29, 1.82) is 0 Å². The Morgan fingerprint density at radius 1 is 1.50 bits per heavy atom. The predicted octanol–water partition coefficient (Wildman–Crippen LogP) is 0.429. The molecular weight excluding hydrogens is 188 g/mol. The van der Waals surface area contributed by atoms with Gasteiger partial charge in [-0.05, 0) is 19.8 Å². The third-order valence-electron chi connectivity index (χ3n) is 2.17. The number of esters is 1. The first-order valence-corrected chi connectivity index (χ1v) is 4.66. The minimum absolute atomic E-state index is 0.149. The summed E-state index contributed by atoms with van der Waals surface area (Å²) in [7, 11) is 0. The van der Waals surface area contributed by atoms with Gasteiger partial charge in [0, 0.05) is 0 Å². The Morgan fingerprint density at radius 2 is 2.21 bits per heavy atom. The first kappa shape index (κ1) is 11.0. The van der Waals surface area contributed by atoms with Crippen LogP contribution in [0, 0.1) is 5.92 Å². The second kappa shape index (κ2) is 4.95. The van der Waals surface area contributed by atoms with Gasteiger partial charge in [0.15, 0.2) is 6.10 Å². The van der Waals surface area contributed by atoms with Crippen LogP contribution in [-0.2, 0) is 19.1 Å². The fraction of sp³-hybridized carbons (Fsp3) is 0.778. The molecule has 0 spiro atoms. The van der Waals surface area contributed by atoms with E-state index >= 15 is 0 Å². The van der Waals surface area contributed by atoms with Crippen molar-refractivity contribution < 1.29 is 24.2 Å². The highest BCUT2D eigenvalue weighted by atomic mass is 16.5. The molecule has 80 valence electrons. The van der Waals surface area contributed by atoms with Crippen LogP contribution in [0.15, 0.2) is 0 Å². The lowest BCUT2D eigenvalue weighted by molar-refractivity contribution is -0.164. The SMILES string of the molecule is CCOC(=O)C1CC[C@H](C(=O)O)OC1. The van der Waals surface area contributed by atoms with Gasteiger partial charge in [0.2, 0.25) is 0 Å². The number of carboxylic acids is 1. The summed E-state index contributed by atoms with van der Waals surface area (Å²) in [6, 6.07) is 0. The minimum Gasteiger partial charge on any atom is -0.479 e. The Bertz CT molecular complexity index is 217. The normalized spacial score (nSPS) is 26.9. The zero-order chi connectivity index (χ0) is 10.6. The van der Waals surface area contributed by atoms with Gasteiger partial charge in [-0.15, -0.1) is 0 Å². The lowest BCUT2D eigenvalue weighted by Gasteiger charge is -2.24. The fourth-order valence-electron chi connectivity index (χ4n) is 1.39. The summed E-state index contributed by atoms with van der Waals surface area (Å²) in [5.41, 5.74) is 0. The molecule has 5 nitrogen and oxygen atoms in total. The van der Waals surface area contributed by atoms with E-state index in [0.29, 0.717) is 19.4 Å². The third kappa shape index (κ3) is 2.70. The van der Waals surface area contributed by atoms with Gasteiger partial charge in [-0.1, -0.05) is 0 Å². The number of carbonyl (C=O) groups is 2. The Morgan fingerprint density at radius 3 is 2.64 bits per heavy atom. The van der Waals surface area contributed by atoms with Crippen molar-refractivity contribution in [1.82, 2.24) is 0 Å². The number of carboxylic acid groups (broad SMARTS) is 1. The topological polar surface area (TPSA) is 72.8 Å². The van der Waals surface area contributed by atoms with Crippen LogP contribution in [0.4, 0.5) is 0 Å². The molecule has 0 amide bonds. The van der Waals surface area contributed by atoms with Crippen molar-refractivity contribution in [3.8, 4) is 0 Å². The summed E-state index contributed by atoms with van der Waals surface area (Å²) < 4.78 is 9.83. The number of hydrogen-bond donors (Lipinski definition) is 1. The maximum Gasteiger partial charge on any atom is 0.332 e. The van der Waals surface area contributed by atoms with Crippen LogP contribution in [-0.4, -0.2) is 36.4 Å². The van der Waals surface area contributed by atoms with Gasteiger partial charge in [-0.3, -0.25) is 4.79 Å². The fourth-order valence-corrected chi connectivity index (χ4v) is 1.39. The number of ether oxygens (including phenoxy) is 2. The van der Waals surface area contributed by atoms with Gasteiger partial charge in [-0.2, -0.15) is 0 Å². The summed E-state index contributed by atoms with van der Waals surface area (Å²) in [4.78, 5) is 21.7. The number of rotatable bonds is 3. The molecule has 0 aromatic heterocycles. The molecule has 1 rings (SSSR count). The van der Waals surface area contributed by atoms with Crippen molar-refractivity contribution in [2.75, 3.05) is 13.2 Å². The molecule has 5 heteroatoms. The second-order valence-electron chi connectivity index (χ2n) is 3.19. The minimum atomic E-state index is -0.965. The van der Waals surface area contributed by atoms with E-state index in [1.54, 1.807) is 6.92 Å². The molecule has 14 heavy (non-hydrogen) atoms. The molecule has 0 aromatic carbocycles. The summed E-state index contributed by atoms with van der Waals surface area (Å²) in [5, 5.41) is 8.63. The molecule has 0 bridgehead atoms. The van der Waals surface area contributed by atoms with Crippen LogP contribution in [0.2, 0.25) is 0 Å². The van der Waals surface area contributed by atoms with Gasteiger partial charge in [-0.25, -0.2) is 4.79 Å². The van der Waals surface area contributed by atoms with Crippen LogP contribution in [0.25, 0.3) is 0 Å². The zero-order valence-corrected chi connectivity index (χ0v) is 8.06. The summed E-state index contributed by atoms with van der Waals surface area (Å²) in [6.07, 6.45) is 0.134. The molecule has 1 aliphatic rings. The van der Waals surface area contributed by atoms with Crippen LogP contribution in [0.3, 0.4) is 0 Å². The maximum absolute atomic E-state index is 11.2. The highest BCUT2D eigenvalue weighted by Gasteiger charge is 2.31. The largest absolute Gasteiger partial charge is 0.479 e. The van der Waals surface area contributed by atoms with E-state index in [1.807, 2.05) is 0 Å². The van der Waals surface area contributed by atoms with E-state index in [4.69, 9.17) is 14.6 Å². The number of aliphatic carboxylic acids is 1. The Hall–Kier alpha value is -1.10. The molecule has 1 fully saturated rings. The van der Waals surface area contributed by atoms with Gasteiger partial charge < -0.3 is 14.6 Å². The Labute approximate surface area is 82.0 Å². The number of hydrogen-bond acceptors (Lipinski definition) is 4. The molecule has 1 N–H and O–H groups in total. The molecule has 0 aromatic rings. The van der Waals surface area contributed by atoms with Crippen LogP contribution in [0.1, 0.15) is 19.8 Å². The molecule has 2 atom stereocenters. The van der Waals surface area contributed by atoms with Gasteiger partial charge in [0.1, 0.15) is 0 Å². The molecule has 0 radical (unpaired) electrons. The van der Waals surface area contributed by atoms with E-state index in [9.17, 15) is 9.59 Å². The summed E-state index contributed by atoms with van der Waals surface area (Å²) >= 11 is 0. The standard InChI is InChI=1S/C9H14O5/c1-2-13-9(12)6-3-4-7(8(10)11)14-5-6/h6-7H,2-5H2,1H3,(H,10,11)/t6?,7-/m1/s1. The van der Waals surface area contributed by atoms with Gasteiger partial charge in [0.05, 0.1) is 19.1 Å². The van der Waals surface area contributed by atoms with E-state index < -0.39 is 12.1 Å². The molecule has 1 unspecified atom stereocenters. The van der Waals surface area contributed by atoms with E-state index in [0.717, 1.165) is 0 Å². The van der Waals surface area contributed by atoms with Gasteiger partial charge >= 0.3 is 11.9 Å². The monoisotopic (exact) mass is 202 g/mol. The van der Waals surface area contributed by atoms with Crippen LogP contribution < -0.4 is 0 Å². The van der Waals surface area contributed by atoms with E-state index in [2.05, 4.69) is 0 Å². The van der Waals surface area contributed by atoms with Crippen molar-refractivity contribution in [2.24, 2.45) is 5.92 Å². The average Bonchev–Trinajstić information content (AvgIpc) is 2.18. The first-order valence-electron chi connectivity index (χ1n) is 4.66. The lowest BCUT2D eigenvalue weighted by Crippen LogP contribution is -2.35. The number of carbonyl (C=O) groups excluding carboxylic acids is 1. The molecule has 1 saturated heterocycles. The van der Waals surface area contributed by atoms with E-state index in [1.165, 1.54) is 0 Å². The first-order chi connectivity index (χ1) is 6.65. The van der Waals surface area contributed by atoms with Crippen molar-refractivity contribution in [2.45, 2.75) is 25.9 Å². The summed E-state index contributed by atoms with van der Waals surface area (Å²) in [6.45, 7) is 2.23. The highest BCUT2D eigenvalue weighted by Crippen LogP contribution is 2.20. The molecule has 1 aliphatic heterocycles. The lowest BCUT2D eigenvalue weighted by atomic mass is 9.99. The average molecular weight is 202 g/mol. The Balaban J connectivity index is 2.35. The molecular formula is C9H14O5. The zero-order valence-electron chi connectivity index (χ0n) is 8.06. The van der Waals surface area contributed by atoms with Gasteiger partial charge in [0.25, 0.3) is 0 Å². The quantitative estimate of drug-likeness (QED) is 0.672. The van der Waals surface area contributed by atoms with Crippen molar-refractivity contribution in [3.63, 3.8) is 0 Å². The Kier molecular flexibility index (Phi) is 3.88. The van der Waals surface area contributed by atoms with Crippen molar-refractivity contribution >= 4 is 11.9 Å². The highest BCUT2D eigenvalue weighted by molar-refractivity contribution is 5.75. The predicted molar refractivity (Wildman–Crippen MR) is 46.7 cm³/mol.